The summed E-state index contributed by atoms with van der Waals surface area (Å²) in [5.74, 6) is 1.31. The van der Waals surface area contributed by atoms with Gasteiger partial charge >= 0.3 is 0 Å². The highest BCUT2D eigenvalue weighted by molar-refractivity contribution is 5.88. The van der Waals surface area contributed by atoms with Crippen LogP contribution in [0.25, 0.3) is 10.9 Å². The topological polar surface area (TPSA) is 59.5 Å². The molecule has 1 aromatic heterocycles. The van der Waals surface area contributed by atoms with Crippen molar-refractivity contribution in [2.75, 3.05) is 44.8 Å². The van der Waals surface area contributed by atoms with E-state index in [9.17, 15) is 4.39 Å². The van der Waals surface area contributed by atoms with E-state index in [0.717, 1.165) is 57.0 Å². The lowest BCUT2D eigenvalue weighted by atomic mass is 10.1. The zero-order chi connectivity index (χ0) is 20.3. The third kappa shape index (κ3) is 4.22. The molecule has 1 saturated heterocycles. The second kappa shape index (κ2) is 8.53. The Morgan fingerprint density at radius 2 is 1.93 bits per heavy atom. The molecule has 2 heterocycles. The summed E-state index contributed by atoms with van der Waals surface area (Å²) in [6.45, 7) is 5.16. The lowest BCUT2D eigenvalue weighted by Crippen LogP contribution is -2.38. The smallest absolute Gasteiger partial charge is 0.137 e. The molecule has 0 bridgehead atoms. The maximum Gasteiger partial charge on any atom is 0.137 e. The van der Waals surface area contributed by atoms with Gasteiger partial charge in [0.2, 0.25) is 0 Å². The molecule has 5 rings (SSSR count). The maximum atomic E-state index is 13.7. The molecule has 1 fully saturated rings. The summed E-state index contributed by atoms with van der Waals surface area (Å²) in [7, 11) is 0. The molecule has 7 heteroatoms. The second-order valence-electron chi connectivity index (χ2n) is 7.87. The first-order chi connectivity index (χ1) is 14.7. The van der Waals surface area contributed by atoms with Crippen molar-refractivity contribution in [3.8, 4) is 5.75 Å². The van der Waals surface area contributed by atoms with Gasteiger partial charge in [0.15, 0.2) is 0 Å². The molecule has 2 aliphatic rings. The highest BCUT2D eigenvalue weighted by atomic mass is 19.1. The first-order valence-corrected chi connectivity index (χ1v) is 10.5. The van der Waals surface area contributed by atoms with E-state index in [1.54, 1.807) is 6.07 Å². The molecule has 3 aromatic rings. The molecule has 0 spiro atoms. The van der Waals surface area contributed by atoms with E-state index in [2.05, 4.69) is 38.4 Å². The van der Waals surface area contributed by atoms with Crippen LogP contribution in [0.5, 0.6) is 5.75 Å². The first-order valence-electron chi connectivity index (χ1n) is 10.5. The van der Waals surface area contributed by atoms with Crippen LogP contribution in [0.1, 0.15) is 11.1 Å². The van der Waals surface area contributed by atoms with Crippen LogP contribution in [0.15, 0.2) is 42.7 Å². The number of nitrogens with one attached hydrogen (secondary N) is 1. The Balaban J connectivity index is 1.21. The number of halogens is 1. The number of morpholine rings is 1. The molecular formula is C23H25FN4O2. The van der Waals surface area contributed by atoms with Crippen LogP contribution < -0.4 is 10.1 Å². The summed E-state index contributed by atoms with van der Waals surface area (Å²) < 4.78 is 25.1. The fourth-order valence-electron chi connectivity index (χ4n) is 4.24. The minimum absolute atomic E-state index is 0.213. The SMILES string of the molecule is Fc1ccc2ncnc(NC3Cc4ccc(OCCN5CCOCC5)cc4C3)c2c1. The zero-order valence-electron chi connectivity index (χ0n) is 16.8. The van der Waals surface area contributed by atoms with E-state index in [-0.39, 0.29) is 11.9 Å². The summed E-state index contributed by atoms with van der Waals surface area (Å²) >= 11 is 0. The molecule has 30 heavy (non-hydrogen) atoms. The standard InChI is InChI=1S/C23H25FN4O2/c24-18-2-4-22-21(14-18)23(26-15-25-22)27-19-11-16-1-3-20(13-17(16)12-19)30-10-7-28-5-8-29-9-6-28/h1-4,13-15,19H,5-12H2,(H,25,26,27). The van der Waals surface area contributed by atoms with E-state index in [1.165, 1.54) is 29.6 Å². The summed E-state index contributed by atoms with van der Waals surface area (Å²) in [6.07, 6.45) is 3.31. The third-order valence-corrected chi connectivity index (χ3v) is 5.83. The van der Waals surface area contributed by atoms with Crippen molar-refractivity contribution >= 4 is 16.7 Å². The summed E-state index contributed by atoms with van der Waals surface area (Å²) in [5, 5.41) is 4.20. The predicted octanol–water partition coefficient (Wildman–Crippen LogP) is 3.06. The Labute approximate surface area is 175 Å². The van der Waals surface area contributed by atoms with Gasteiger partial charge in [-0.1, -0.05) is 6.07 Å². The molecule has 1 atom stereocenters. The fourth-order valence-corrected chi connectivity index (χ4v) is 4.24. The van der Waals surface area contributed by atoms with Crippen molar-refractivity contribution in [1.82, 2.24) is 14.9 Å². The molecule has 1 aliphatic heterocycles. The number of fused-ring (bicyclic) bond motifs is 2. The number of hydrogen-bond acceptors (Lipinski definition) is 6. The number of nitrogens with zero attached hydrogens (tertiary/aromatic N) is 3. The zero-order valence-corrected chi connectivity index (χ0v) is 16.8. The Morgan fingerprint density at radius 3 is 2.83 bits per heavy atom. The normalized spacial score (nSPS) is 19.0. The van der Waals surface area contributed by atoms with E-state index in [1.807, 2.05) is 0 Å². The van der Waals surface area contributed by atoms with Gasteiger partial charge in [0.05, 0.1) is 18.7 Å². The molecule has 1 N–H and O–H groups in total. The molecule has 0 amide bonds. The number of aromatic nitrogens is 2. The summed E-state index contributed by atoms with van der Waals surface area (Å²) in [6, 6.07) is 11.2. The molecule has 0 saturated carbocycles. The predicted molar refractivity (Wildman–Crippen MR) is 114 cm³/mol. The monoisotopic (exact) mass is 408 g/mol. The lowest BCUT2D eigenvalue weighted by Gasteiger charge is -2.26. The average Bonchev–Trinajstić information content (AvgIpc) is 3.16. The van der Waals surface area contributed by atoms with Crippen molar-refractivity contribution in [2.45, 2.75) is 18.9 Å². The minimum atomic E-state index is -0.283. The van der Waals surface area contributed by atoms with Gasteiger partial charge in [-0.3, -0.25) is 4.90 Å². The van der Waals surface area contributed by atoms with Gasteiger partial charge in [0, 0.05) is 31.1 Å². The summed E-state index contributed by atoms with van der Waals surface area (Å²) in [5.41, 5.74) is 3.35. The minimum Gasteiger partial charge on any atom is -0.492 e. The van der Waals surface area contributed by atoms with Gasteiger partial charge in [-0.05, 0) is 54.3 Å². The van der Waals surface area contributed by atoms with Crippen LogP contribution in [0.4, 0.5) is 10.2 Å². The Morgan fingerprint density at radius 1 is 1.07 bits per heavy atom. The van der Waals surface area contributed by atoms with Crippen LogP contribution in [0.3, 0.4) is 0 Å². The van der Waals surface area contributed by atoms with Crippen molar-refractivity contribution < 1.29 is 13.9 Å². The third-order valence-electron chi connectivity index (χ3n) is 5.83. The lowest BCUT2D eigenvalue weighted by molar-refractivity contribution is 0.0322. The summed E-state index contributed by atoms with van der Waals surface area (Å²) in [4.78, 5) is 10.9. The number of ether oxygens (including phenoxy) is 2. The van der Waals surface area contributed by atoms with Crippen LogP contribution >= 0.6 is 0 Å². The Hall–Kier alpha value is -2.77. The number of rotatable bonds is 6. The Kier molecular flexibility index (Phi) is 5.46. The van der Waals surface area contributed by atoms with Gasteiger partial charge in [-0.15, -0.1) is 0 Å². The maximum absolute atomic E-state index is 13.7. The molecule has 1 unspecified atom stereocenters. The first kappa shape index (κ1) is 19.2. The van der Waals surface area contributed by atoms with Gasteiger partial charge < -0.3 is 14.8 Å². The number of anilines is 1. The molecule has 1 aliphatic carbocycles. The molecule has 2 aromatic carbocycles. The van der Waals surface area contributed by atoms with Crippen LogP contribution in [-0.4, -0.2) is 60.4 Å². The molecule has 6 nitrogen and oxygen atoms in total. The van der Waals surface area contributed by atoms with Gasteiger partial charge in [-0.25, -0.2) is 14.4 Å². The van der Waals surface area contributed by atoms with Crippen molar-refractivity contribution in [1.29, 1.82) is 0 Å². The van der Waals surface area contributed by atoms with E-state index in [0.29, 0.717) is 17.8 Å². The van der Waals surface area contributed by atoms with Crippen LogP contribution in [0.2, 0.25) is 0 Å². The molecule has 0 radical (unpaired) electrons. The fraction of sp³-hybridized carbons (Fsp3) is 0.391. The highest BCUT2D eigenvalue weighted by Crippen LogP contribution is 2.29. The van der Waals surface area contributed by atoms with E-state index < -0.39 is 0 Å². The van der Waals surface area contributed by atoms with Crippen LogP contribution in [0, 0.1) is 5.82 Å². The van der Waals surface area contributed by atoms with Gasteiger partial charge in [0.25, 0.3) is 0 Å². The van der Waals surface area contributed by atoms with Gasteiger partial charge in [0.1, 0.15) is 30.3 Å². The second-order valence-corrected chi connectivity index (χ2v) is 7.87. The van der Waals surface area contributed by atoms with Crippen molar-refractivity contribution in [3.63, 3.8) is 0 Å². The number of benzene rings is 2. The average molecular weight is 408 g/mol. The quantitative estimate of drug-likeness (QED) is 0.677. The van der Waals surface area contributed by atoms with Gasteiger partial charge in [-0.2, -0.15) is 0 Å². The van der Waals surface area contributed by atoms with E-state index >= 15 is 0 Å². The van der Waals surface area contributed by atoms with Crippen molar-refractivity contribution in [3.05, 3.63) is 59.7 Å². The van der Waals surface area contributed by atoms with Crippen LogP contribution in [-0.2, 0) is 17.6 Å². The largest absolute Gasteiger partial charge is 0.492 e. The highest BCUT2D eigenvalue weighted by Gasteiger charge is 2.23. The van der Waals surface area contributed by atoms with Crippen molar-refractivity contribution in [2.24, 2.45) is 0 Å². The Bertz CT molecular complexity index is 1040. The van der Waals surface area contributed by atoms with E-state index in [4.69, 9.17) is 9.47 Å². The number of hydrogen-bond donors (Lipinski definition) is 1. The molecular weight excluding hydrogens is 383 g/mol. The molecule has 156 valence electrons.